The number of hydrogen-bond donors (Lipinski definition) is 0. The summed E-state index contributed by atoms with van der Waals surface area (Å²) in [4.78, 5) is 0.997. The van der Waals surface area contributed by atoms with E-state index in [1.54, 1.807) is 11.3 Å². The molecule has 0 N–H and O–H groups in total. The van der Waals surface area contributed by atoms with Crippen molar-refractivity contribution in [3.05, 3.63) is 70.1 Å². The topological polar surface area (TPSA) is 35.5 Å². The molecule has 0 fully saturated rings. The third-order valence-electron chi connectivity index (χ3n) is 4.14. The second-order valence-corrected chi connectivity index (χ2v) is 9.62. The SMILES string of the molecule is CCOP(=O)(OCC)C(Cc1ccccc1Cl)c1cc2ccccc2s1. The maximum Gasteiger partial charge on any atom is 0.339 e. The first-order valence-electron chi connectivity index (χ1n) is 8.68. The second-order valence-electron chi connectivity index (χ2n) is 5.87. The molecule has 0 aliphatic heterocycles. The Morgan fingerprint density at radius 1 is 1.04 bits per heavy atom. The average molecular weight is 409 g/mol. The second kappa shape index (κ2) is 8.69. The summed E-state index contributed by atoms with van der Waals surface area (Å²) in [7, 11) is -3.34. The number of rotatable bonds is 8. The van der Waals surface area contributed by atoms with E-state index in [0.29, 0.717) is 24.7 Å². The maximum absolute atomic E-state index is 13.6. The van der Waals surface area contributed by atoms with E-state index in [0.717, 1.165) is 20.5 Å². The Morgan fingerprint density at radius 3 is 2.35 bits per heavy atom. The predicted molar refractivity (Wildman–Crippen MR) is 111 cm³/mol. The molecule has 3 aromatic rings. The van der Waals surface area contributed by atoms with Crippen LogP contribution in [0.1, 0.15) is 29.9 Å². The fourth-order valence-electron chi connectivity index (χ4n) is 2.98. The fourth-order valence-corrected chi connectivity index (χ4v) is 6.75. The molecule has 0 bridgehead atoms. The molecule has 2 aromatic carbocycles. The number of hydrogen-bond acceptors (Lipinski definition) is 4. The summed E-state index contributed by atoms with van der Waals surface area (Å²) in [6.07, 6.45) is 0.504. The molecule has 3 nitrogen and oxygen atoms in total. The summed E-state index contributed by atoms with van der Waals surface area (Å²) in [5, 5.41) is 1.80. The lowest BCUT2D eigenvalue weighted by Gasteiger charge is -2.26. The highest BCUT2D eigenvalue weighted by Gasteiger charge is 2.38. The number of benzene rings is 2. The van der Waals surface area contributed by atoms with Crippen molar-refractivity contribution in [3.8, 4) is 0 Å². The van der Waals surface area contributed by atoms with Crippen molar-refractivity contribution in [3.63, 3.8) is 0 Å². The van der Waals surface area contributed by atoms with E-state index in [4.69, 9.17) is 20.6 Å². The highest BCUT2D eigenvalue weighted by molar-refractivity contribution is 7.54. The van der Waals surface area contributed by atoms with Gasteiger partial charge in [-0.15, -0.1) is 11.3 Å². The van der Waals surface area contributed by atoms with E-state index < -0.39 is 7.60 Å². The standard InChI is InChI=1S/C20H22ClO3PS/c1-3-23-25(22,24-4-2)18(13-15-9-5-7-11-17(15)21)20-14-16-10-6-8-12-19(16)26-20/h5-12,14,18H,3-4,13H2,1-2H3. The van der Waals surface area contributed by atoms with Gasteiger partial charge in [-0.3, -0.25) is 4.57 Å². The fraction of sp³-hybridized carbons (Fsp3) is 0.300. The Hall–Kier alpha value is -1.16. The summed E-state index contributed by atoms with van der Waals surface area (Å²) < 4.78 is 26.2. The maximum atomic E-state index is 13.6. The zero-order valence-electron chi connectivity index (χ0n) is 14.9. The van der Waals surface area contributed by atoms with E-state index in [1.807, 2.05) is 50.2 Å². The molecule has 26 heavy (non-hydrogen) atoms. The van der Waals surface area contributed by atoms with Crippen LogP contribution in [0.5, 0.6) is 0 Å². The predicted octanol–water partition coefficient (Wildman–Crippen LogP) is 7.10. The van der Waals surface area contributed by atoms with Crippen molar-refractivity contribution in [2.24, 2.45) is 0 Å². The summed E-state index contributed by atoms with van der Waals surface area (Å²) in [5.74, 6) is 0. The Bertz CT molecular complexity index is 881. The van der Waals surface area contributed by atoms with E-state index in [2.05, 4.69) is 18.2 Å². The van der Waals surface area contributed by atoms with Crippen molar-refractivity contribution in [1.29, 1.82) is 0 Å². The molecule has 1 unspecified atom stereocenters. The Balaban J connectivity index is 2.08. The first-order valence-corrected chi connectivity index (χ1v) is 11.5. The lowest BCUT2D eigenvalue weighted by atomic mass is 10.1. The van der Waals surface area contributed by atoms with E-state index in [1.165, 1.54) is 0 Å². The molecule has 0 saturated carbocycles. The molecule has 1 aromatic heterocycles. The minimum atomic E-state index is -3.34. The van der Waals surface area contributed by atoms with Gasteiger partial charge in [-0.2, -0.15) is 0 Å². The first-order chi connectivity index (χ1) is 12.6. The zero-order valence-corrected chi connectivity index (χ0v) is 17.3. The van der Waals surface area contributed by atoms with Crippen LogP contribution in [0.2, 0.25) is 5.02 Å². The van der Waals surface area contributed by atoms with Gasteiger partial charge in [-0.1, -0.05) is 48.0 Å². The van der Waals surface area contributed by atoms with Crippen LogP contribution in [-0.2, 0) is 20.0 Å². The largest absolute Gasteiger partial charge is 0.339 e. The van der Waals surface area contributed by atoms with Crippen LogP contribution >= 0.6 is 30.5 Å². The van der Waals surface area contributed by atoms with Crippen molar-refractivity contribution >= 4 is 40.6 Å². The van der Waals surface area contributed by atoms with Crippen molar-refractivity contribution in [2.75, 3.05) is 13.2 Å². The summed E-state index contributed by atoms with van der Waals surface area (Å²) >= 11 is 8.00. The number of fused-ring (bicyclic) bond motifs is 1. The molecule has 0 aliphatic rings. The van der Waals surface area contributed by atoms with Crippen LogP contribution in [-0.4, -0.2) is 13.2 Å². The summed E-state index contributed by atoms with van der Waals surface area (Å²) in [6.45, 7) is 4.34. The smallest absolute Gasteiger partial charge is 0.308 e. The molecule has 0 radical (unpaired) electrons. The average Bonchev–Trinajstić information content (AvgIpc) is 3.05. The van der Waals surface area contributed by atoms with Crippen LogP contribution in [0.25, 0.3) is 10.1 Å². The van der Waals surface area contributed by atoms with Gasteiger partial charge in [0, 0.05) is 14.6 Å². The van der Waals surface area contributed by atoms with Gasteiger partial charge in [-0.05, 0) is 49.4 Å². The normalized spacial score (nSPS) is 13.2. The molecule has 0 aliphatic carbocycles. The minimum Gasteiger partial charge on any atom is -0.308 e. The van der Waals surface area contributed by atoms with Gasteiger partial charge in [-0.25, -0.2) is 0 Å². The molecular weight excluding hydrogens is 387 g/mol. The van der Waals surface area contributed by atoms with Crippen molar-refractivity contribution in [1.82, 2.24) is 0 Å². The van der Waals surface area contributed by atoms with Gasteiger partial charge < -0.3 is 9.05 Å². The number of thiophene rings is 1. The van der Waals surface area contributed by atoms with E-state index in [-0.39, 0.29) is 5.66 Å². The first kappa shape index (κ1) is 19.6. The molecule has 0 saturated heterocycles. The lowest BCUT2D eigenvalue weighted by molar-refractivity contribution is 0.212. The Labute approximate surface area is 163 Å². The van der Waals surface area contributed by atoms with E-state index in [9.17, 15) is 4.57 Å². The highest BCUT2D eigenvalue weighted by atomic mass is 35.5. The molecule has 1 atom stereocenters. The Morgan fingerprint density at radius 2 is 1.69 bits per heavy atom. The van der Waals surface area contributed by atoms with Gasteiger partial charge in [0.05, 0.1) is 18.9 Å². The minimum absolute atomic E-state index is 0.335. The lowest BCUT2D eigenvalue weighted by Crippen LogP contribution is -2.09. The third-order valence-corrected chi connectivity index (χ3v) is 8.38. The van der Waals surface area contributed by atoms with Crippen LogP contribution in [0.4, 0.5) is 0 Å². The number of halogens is 1. The summed E-state index contributed by atoms with van der Waals surface area (Å²) in [6, 6.07) is 17.9. The molecule has 0 spiro atoms. The quantitative estimate of drug-likeness (QED) is 0.373. The molecule has 3 rings (SSSR count). The summed E-state index contributed by atoms with van der Waals surface area (Å²) in [5.41, 5.74) is 0.552. The van der Waals surface area contributed by atoms with Gasteiger partial charge in [0.25, 0.3) is 0 Å². The molecule has 6 heteroatoms. The molecule has 1 heterocycles. The van der Waals surface area contributed by atoms with Crippen LogP contribution < -0.4 is 0 Å². The monoisotopic (exact) mass is 408 g/mol. The van der Waals surface area contributed by atoms with Crippen molar-refractivity contribution < 1.29 is 13.6 Å². The molecular formula is C20H22ClO3PS. The van der Waals surface area contributed by atoms with Gasteiger partial charge >= 0.3 is 7.60 Å². The third kappa shape index (κ3) is 4.21. The van der Waals surface area contributed by atoms with Crippen LogP contribution in [0.3, 0.4) is 0 Å². The van der Waals surface area contributed by atoms with Gasteiger partial charge in [0.1, 0.15) is 0 Å². The molecule has 0 amide bonds. The van der Waals surface area contributed by atoms with E-state index >= 15 is 0 Å². The highest BCUT2D eigenvalue weighted by Crippen LogP contribution is 2.63. The zero-order chi connectivity index (χ0) is 18.6. The Kier molecular flexibility index (Phi) is 6.55. The van der Waals surface area contributed by atoms with Crippen molar-refractivity contribution in [2.45, 2.75) is 25.9 Å². The van der Waals surface area contributed by atoms with Gasteiger partial charge in [0.15, 0.2) is 0 Å². The van der Waals surface area contributed by atoms with Crippen LogP contribution in [0.15, 0.2) is 54.6 Å². The molecule has 138 valence electrons. The van der Waals surface area contributed by atoms with Gasteiger partial charge in [0.2, 0.25) is 0 Å². The van der Waals surface area contributed by atoms with Crippen LogP contribution in [0, 0.1) is 0 Å².